The number of nitrogens with one attached hydrogen (secondary N) is 2. The molecule has 12 heteroatoms. The lowest BCUT2D eigenvalue weighted by Gasteiger charge is -2.08. The zero-order chi connectivity index (χ0) is 20.6. The number of hydrogen-bond donors (Lipinski definition) is 2. The molecule has 0 spiro atoms. The number of aromatic nitrogens is 4. The van der Waals surface area contributed by atoms with Crippen molar-refractivity contribution in [2.24, 2.45) is 0 Å². The summed E-state index contributed by atoms with van der Waals surface area (Å²) >= 11 is 11.9. The van der Waals surface area contributed by atoms with Crippen LogP contribution in [0.25, 0.3) is 0 Å². The SMILES string of the molecule is Cc1nn(Cc2ccc(F)cc2Cl)c(C)c1NC(=O)c1n[nH]c([N+](=O)[O-])c1Cl. The highest BCUT2D eigenvalue weighted by molar-refractivity contribution is 6.36. The molecule has 0 aliphatic rings. The Labute approximate surface area is 167 Å². The molecule has 3 aromatic rings. The number of nitrogens with zero attached hydrogens (tertiary/aromatic N) is 4. The van der Waals surface area contributed by atoms with E-state index in [4.69, 9.17) is 23.2 Å². The second-order valence-electron chi connectivity index (χ2n) is 5.89. The van der Waals surface area contributed by atoms with Crippen LogP contribution < -0.4 is 5.32 Å². The Balaban J connectivity index is 1.86. The number of benzene rings is 1. The first-order valence-electron chi connectivity index (χ1n) is 7.86. The minimum atomic E-state index is -0.771. The lowest BCUT2D eigenvalue weighted by molar-refractivity contribution is -0.389. The number of carbonyl (C=O) groups excluding carboxylic acids is 1. The molecule has 1 aromatic carbocycles. The molecule has 0 saturated carbocycles. The summed E-state index contributed by atoms with van der Waals surface area (Å²) in [5.41, 5.74) is 1.86. The normalized spacial score (nSPS) is 10.9. The average molecular weight is 427 g/mol. The van der Waals surface area contributed by atoms with E-state index in [2.05, 4.69) is 20.6 Å². The van der Waals surface area contributed by atoms with E-state index in [1.54, 1.807) is 24.6 Å². The van der Waals surface area contributed by atoms with Gasteiger partial charge < -0.3 is 15.4 Å². The van der Waals surface area contributed by atoms with Crippen molar-refractivity contribution in [3.8, 4) is 0 Å². The summed E-state index contributed by atoms with van der Waals surface area (Å²) < 4.78 is 14.8. The lowest BCUT2D eigenvalue weighted by atomic mass is 10.2. The first-order chi connectivity index (χ1) is 13.2. The highest BCUT2D eigenvalue weighted by Crippen LogP contribution is 2.27. The number of rotatable bonds is 5. The molecule has 0 bridgehead atoms. The predicted molar refractivity (Wildman–Crippen MR) is 100 cm³/mol. The van der Waals surface area contributed by atoms with Crippen LogP contribution in [0.4, 0.5) is 15.9 Å². The van der Waals surface area contributed by atoms with E-state index >= 15 is 0 Å². The van der Waals surface area contributed by atoms with Crippen LogP contribution in [0.3, 0.4) is 0 Å². The Morgan fingerprint density at radius 3 is 2.71 bits per heavy atom. The molecule has 0 aliphatic carbocycles. The molecular formula is C16H13Cl2FN6O3. The first-order valence-corrected chi connectivity index (χ1v) is 8.62. The standard InChI is InChI=1S/C16H13Cl2FN6O3/c1-7-13(20-16(26)14-12(18)15(22-21-14)25(27)28)8(2)24(23-7)6-9-3-4-10(19)5-11(9)17/h3-5H,6H2,1-2H3,(H,20,26)(H,21,22). The van der Waals surface area contributed by atoms with Crippen LogP contribution in [-0.4, -0.2) is 30.8 Å². The third-order valence-electron chi connectivity index (χ3n) is 4.04. The molecule has 0 radical (unpaired) electrons. The Morgan fingerprint density at radius 2 is 2.11 bits per heavy atom. The van der Waals surface area contributed by atoms with Gasteiger partial charge in [-0.1, -0.05) is 34.4 Å². The highest BCUT2D eigenvalue weighted by Gasteiger charge is 2.26. The summed E-state index contributed by atoms with van der Waals surface area (Å²) in [5.74, 6) is -1.73. The molecule has 28 heavy (non-hydrogen) atoms. The van der Waals surface area contributed by atoms with Crippen LogP contribution in [0.2, 0.25) is 10.0 Å². The number of aryl methyl sites for hydroxylation is 1. The molecule has 0 fully saturated rings. The molecule has 2 heterocycles. The summed E-state index contributed by atoms with van der Waals surface area (Å²) in [5, 5.41) is 23.4. The Kier molecular flexibility index (Phi) is 5.34. The second kappa shape index (κ2) is 7.56. The number of halogens is 3. The van der Waals surface area contributed by atoms with Gasteiger partial charge >= 0.3 is 5.82 Å². The zero-order valence-corrected chi connectivity index (χ0v) is 16.1. The van der Waals surface area contributed by atoms with Crippen molar-refractivity contribution in [3.05, 3.63) is 66.8 Å². The smallest absolute Gasteiger partial charge is 0.358 e. The molecule has 0 saturated heterocycles. The molecule has 0 aliphatic heterocycles. The molecule has 9 nitrogen and oxygen atoms in total. The van der Waals surface area contributed by atoms with E-state index in [0.717, 1.165) is 0 Å². The molecule has 146 valence electrons. The van der Waals surface area contributed by atoms with Crippen molar-refractivity contribution in [1.29, 1.82) is 0 Å². The van der Waals surface area contributed by atoms with Crippen molar-refractivity contribution in [3.63, 3.8) is 0 Å². The fraction of sp³-hybridized carbons (Fsp3) is 0.188. The van der Waals surface area contributed by atoms with E-state index in [9.17, 15) is 19.3 Å². The lowest BCUT2D eigenvalue weighted by Crippen LogP contribution is -2.14. The van der Waals surface area contributed by atoms with E-state index in [0.29, 0.717) is 22.6 Å². The molecule has 1 amide bonds. The van der Waals surface area contributed by atoms with E-state index in [-0.39, 0.29) is 22.3 Å². The molecule has 2 aromatic heterocycles. The molecule has 0 atom stereocenters. The summed E-state index contributed by atoms with van der Waals surface area (Å²) in [6.45, 7) is 3.66. The van der Waals surface area contributed by atoms with Gasteiger partial charge in [-0.25, -0.2) is 4.39 Å². The van der Waals surface area contributed by atoms with Crippen molar-refractivity contribution in [2.45, 2.75) is 20.4 Å². The largest absolute Gasteiger partial charge is 0.362 e. The van der Waals surface area contributed by atoms with Gasteiger partial charge in [0.25, 0.3) is 5.91 Å². The summed E-state index contributed by atoms with van der Waals surface area (Å²) in [6, 6.07) is 4.05. The number of hydrogen-bond acceptors (Lipinski definition) is 5. The monoisotopic (exact) mass is 426 g/mol. The second-order valence-corrected chi connectivity index (χ2v) is 6.67. The van der Waals surface area contributed by atoms with Gasteiger partial charge in [0.05, 0.1) is 23.6 Å². The minimum Gasteiger partial charge on any atom is -0.358 e. The van der Waals surface area contributed by atoms with Gasteiger partial charge in [0.1, 0.15) is 5.82 Å². The van der Waals surface area contributed by atoms with Crippen molar-refractivity contribution in [1.82, 2.24) is 20.0 Å². The van der Waals surface area contributed by atoms with E-state index in [1.807, 2.05) is 0 Å². The number of nitro groups is 1. The van der Waals surface area contributed by atoms with Crippen LogP contribution in [0.1, 0.15) is 27.4 Å². The number of H-pyrrole nitrogens is 1. The fourth-order valence-corrected chi connectivity index (χ4v) is 3.07. The minimum absolute atomic E-state index is 0.258. The maximum absolute atomic E-state index is 13.2. The predicted octanol–water partition coefficient (Wildman–Crippen LogP) is 3.88. The average Bonchev–Trinajstić information content (AvgIpc) is 3.12. The van der Waals surface area contributed by atoms with Gasteiger partial charge in [-0.15, -0.1) is 5.10 Å². The summed E-state index contributed by atoms with van der Waals surface area (Å²) in [7, 11) is 0. The van der Waals surface area contributed by atoms with Crippen LogP contribution in [0, 0.1) is 29.8 Å². The summed E-state index contributed by atoms with van der Waals surface area (Å²) in [6.07, 6.45) is 0. The number of aromatic amines is 1. The van der Waals surface area contributed by atoms with Gasteiger partial charge in [0.15, 0.2) is 10.7 Å². The highest BCUT2D eigenvalue weighted by atomic mass is 35.5. The van der Waals surface area contributed by atoms with Crippen molar-refractivity contribution >= 4 is 40.6 Å². The third kappa shape index (κ3) is 3.69. The third-order valence-corrected chi connectivity index (χ3v) is 4.75. The molecule has 3 rings (SSSR count). The number of anilines is 1. The van der Waals surface area contributed by atoms with E-state index in [1.165, 1.54) is 12.1 Å². The van der Waals surface area contributed by atoms with Crippen LogP contribution in [-0.2, 0) is 6.54 Å². The van der Waals surface area contributed by atoms with Gasteiger partial charge in [0, 0.05) is 5.02 Å². The van der Waals surface area contributed by atoms with Gasteiger partial charge in [-0.05, 0) is 36.5 Å². The number of carbonyl (C=O) groups is 1. The first kappa shape index (κ1) is 19.8. The topological polar surface area (TPSA) is 119 Å². The Bertz CT molecular complexity index is 1090. The maximum Gasteiger partial charge on any atom is 0.362 e. The van der Waals surface area contributed by atoms with E-state index < -0.39 is 22.5 Å². The van der Waals surface area contributed by atoms with Gasteiger partial charge in [0.2, 0.25) is 0 Å². The van der Waals surface area contributed by atoms with Crippen molar-refractivity contribution in [2.75, 3.05) is 5.32 Å². The fourth-order valence-electron chi connectivity index (χ4n) is 2.61. The zero-order valence-electron chi connectivity index (χ0n) is 14.6. The van der Waals surface area contributed by atoms with Gasteiger partial charge in [-0.3, -0.25) is 9.48 Å². The van der Waals surface area contributed by atoms with Crippen LogP contribution in [0.15, 0.2) is 18.2 Å². The Hall–Kier alpha value is -2.98. The number of amides is 1. The van der Waals surface area contributed by atoms with Crippen LogP contribution >= 0.6 is 23.2 Å². The molecular weight excluding hydrogens is 414 g/mol. The van der Waals surface area contributed by atoms with Crippen LogP contribution in [0.5, 0.6) is 0 Å². The Morgan fingerprint density at radius 1 is 1.39 bits per heavy atom. The molecule has 0 unspecified atom stereocenters. The van der Waals surface area contributed by atoms with Crippen molar-refractivity contribution < 1.29 is 14.1 Å². The molecule has 2 N–H and O–H groups in total. The maximum atomic E-state index is 13.2. The quantitative estimate of drug-likeness (QED) is 0.473. The van der Waals surface area contributed by atoms with Gasteiger partial charge in [-0.2, -0.15) is 5.10 Å². The summed E-state index contributed by atoms with van der Waals surface area (Å²) in [4.78, 5) is 22.5.